The van der Waals surface area contributed by atoms with Crippen LogP contribution in [-0.2, 0) is 6.54 Å². The number of aliphatic hydroxyl groups excluding tert-OH is 1. The van der Waals surface area contributed by atoms with Crippen LogP contribution < -0.4 is 5.32 Å². The molecule has 96 valence electrons. The highest BCUT2D eigenvalue weighted by atomic mass is 16.5. The molecule has 0 atom stereocenters. The lowest BCUT2D eigenvalue weighted by Crippen LogP contribution is -2.14. The molecule has 0 unspecified atom stereocenters. The van der Waals surface area contributed by atoms with Gasteiger partial charge in [-0.2, -0.15) is 0 Å². The van der Waals surface area contributed by atoms with Gasteiger partial charge in [0.1, 0.15) is 0 Å². The lowest BCUT2D eigenvalue weighted by molar-refractivity contribution is 0.0685. The second-order valence-corrected chi connectivity index (χ2v) is 3.80. The van der Waals surface area contributed by atoms with Gasteiger partial charge in [-0.1, -0.05) is 18.0 Å². The third-order valence-corrected chi connectivity index (χ3v) is 2.34. The first-order chi connectivity index (χ1) is 8.24. The van der Waals surface area contributed by atoms with Crippen molar-refractivity contribution in [2.24, 2.45) is 0 Å². The summed E-state index contributed by atoms with van der Waals surface area (Å²) < 4.78 is 4.84. The van der Waals surface area contributed by atoms with E-state index in [1.54, 1.807) is 0 Å². The Balaban J connectivity index is 2.07. The standard InChI is InChI=1S/C11H18N2O4/c14-6-4-2-1-3-5-12-8-9-7-10(11(15)16)13-17-9/h7,12,14H,1-6,8H2,(H,15,16). The van der Waals surface area contributed by atoms with Gasteiger partial charge in [-0.25, -0.2) is 4.79 Å². The summed E-state index contributed by atoms with van der Waals surface area (Å²) in [6.07, 6.45) is 3.98. The van der Waals surface area contributed by atoms with E-state index in [2.05, 4.69) is 10.5 Å². The summed E-state index contributed by atoms with van der Waals surface area (Å²) in [6, 6.07) is 1.42. The first-order valence-electron chi connectivity index (χ1n) is 5.74. The molecule has 0 aliphatic rings. The fraction of sp³-hybridized carbons (Fsp3) is 0.636. The Hall–Kier alpha value is -1.40. The van der Waals surface area contributed by atoms with Crippen LogP contribution in [0.4, 0.5) is 0 Å². The number of aliphatic hydroxyl groups is 1. The van der Waals surface area contributed by atoms with Crippen molar-refractivity contribution in [3.05, 3.63) is 17.5 Å². The molecule has 1 rings (SSSR count). The van der Waals surface area contributed by atoms with Crippen LogP contribution in [0.5, 0.6) is 0 Å². The first-order valence-corrected chi connectivity index (χ1v) is 5.74. The highest BCUT2D eigenvalue weighted by Gasteiger charge is 2.09. The van der Waals surface area contributed by atoms with Gasteiger partial charge >= 0.3 is 5.97 Å². The van der Waals surface area contributed by atoms with Gasteiger partial charge in [0.05, 0.1) is 6.54 Å². The van der Waals surface area contributed by atoms with E-state index in [1.807, 2.05) is 0 Å². The smallest absolute Gasteiger partial charge is 0.358 e. The molecule has 6 nitrogen and oxygen atoms in total. The molecular weight excluding hydrogens is 224 g/mol. The third-order valence-electron chi connectivity index (χ3n) is 2.34. The fourth-order valence-electron chi connectivity index (χ4n) is 1.42. The van der Waals surface area contributed by atoms with Crippen LogP contribution in [0.15, 0.2) is 10.6 Å². The summed E-state index contributed by atoms with van der Waals surface area (Å²) in [5, 5.41) is 23.8. The quantitative estimate of drug-likeness (QED) is 0.559. The number of nitrogens with zero attached hydrogens (tertiary/aromatic N) is 1. The maximum Gasteiger partial charge on any atom is 0.358 e. The van der Waals surface area contributed by atoms with Gasteiger partial charge in [-0.05, 0) is 19.4 Å². The Morgan fingerprint density at radius 3 is 2.76 bits per heavy atom. The molecule has 1 heterocycles. The maximum absolute atomic E-state index is 10.5. The van der Waals surface area contributed by atoms with E-state index < -0.39 is 5.97 Å². The number of aromatic carboxylic acids is 1. The summed E-state index contributed by atoms with van der Waals surface area (Å²) in [7, 11) is 0. The molecule has 0 aliphatic heterocycles. The lowest BCUT2D eigenvalue weighted by atomic mass is 10.2. The van der Waals surface area contributed by atoms with Crippen molar-refractivity contribution in [2.45, 2.75) is 32.2 Å². The van der Waals surface area contributed by atoms with Gasteiger partial charge in [-0.3, -0.25) is 0 Å². The molecule has 0 saturated carbocycles. The zero-order chi connectivity index (χ0) is 12.5. The van der Waals surface area contributed by atoms with Crippen LogP contribution in [0, 0.1) is 0 Å². The van der Waals surface area contributed by atoms with E-state index in [4.69, 9.17) is 14.7 Å². The number of hydrogen-bond donors (Lipinski definition) is 3. The zero-order valence-corrected chi connectivity index (χ0v) is 9.69. The summed E-state index contributed by atoms with van der Waals surface area (Å²) in [5.74, 6) is -0.554. The number of aromatic nitrogens is 1. The Kier molecular flexibility index (Phi) is 6.27. The van der Waals surface area contributed by atoms with Crippen LogP contribution in [0.3, 0.4) is 0 Å². The number of carboxylic acids is 1. The maximum atomic E-state index is 10.5. The molecule has 3 N–H and O–H groups in total. The molecular formula is C11H18N2O4. The second-order valence-electron chi connectivity index (χ2n) is 3.80. The van der Waals surface area contributed by atoms with Crippen molar-refractivity contribution in [3.63, 3.8) is 0 Å². The molecule has 0 radical (unpaired) electrons. The third kappa shape index (κ3) is 5.46. The van der Waals surface area contributed by atoms with Crippen molar-refractivity contribution in [2.75, 3.05) is 13.2 Å². The molecule has 0 spiro atoms. The van der Waals surface area contributed by atoms with Gasteiger partial charge in [0, 0.05) is 12.7 Å². The molecule has 0 aromatic carbocycles. The highest BCUT2D eigenvalue weighted by Crippen LogP contribution is 2.03. The van der Waals surface area contributed by atoms with Gasteiger partial charge in [0.15, 0.2) is 11.5 Å². The first kappa shape index (κ1) is 13.7. The molecule has 1 aromatic rings. The van der Waals surface area contributed by atoms with Crippen molar-refractivity contribution in [1.82, 2.24) is 10.5 Å². The Morgan fingerprint density at radius 2 is 2.12 bits per heavy atom. The van der Waals surface area contributed by atoms with Gasteiger partial charge < -0.3 is 20.1 Å². The monoisotopic (exact) mass is 242 g/mol. The number of nitrogens with one attached hydrogen (secondary N) is 1. The lowest BCUT2D eigenvalue weighted by Gasteiger charge is -2.01. The molecule has 0 bridgehead atoms. The minimum absolute atomic E-state index is 0.0651. The largest absolute Gasteiger partial charge is 0.476 e. The molecule has 0 fully saturated rings. The number of carboxylic acid groups (broad SMARTS) is 1. The van der Waals surface area contributed by atoms with Crippen molar-refractivity contribution < 1.29 is 19.5 Å². The number of hydrogen-bond acceptors (Lipinski definition) is 5. The summed E-state index contributed by atoms with van der Waals surface area (Å²) >= 11 is 0. The van der Waals surface area contributed by atoms with E-state index in [0.29, 0.717) is 12.3 Å². The van der Waals surface area contributed by atoms with Crippen LogP contribution in [0.25, 0.3) is 0 Å². The van der Waals surface area contributed by atoms with E-state index in [-0.39, 0.29) is 12.3 Å². The molecule has 0 saturated heterocycles. The zero-order valence-electron chi connectivity index (χ0n) is 9.69. The average Bonchev–Trinajstić information content (AvgIpc) is 2.77. The topological polar surface area (TPSA) is 95.6 Å². The Morgan fingerprint density at radius 1 is 1.35 bits per heavy atom. The summed E-state index contributed by atoms with van der Waals surface area (Å²) in [6.45, 7) is 1.58. The van der Waals surface area contributed by atoms with E-state index >= 15 is 0 Å². The predicted octanol–water partition coefficient (Wildman–Crippen LogP) is 1.02. The number of unbranched alkanes of at least 4 members (excludes halogenated alkanes) is 3. The predicted molar refractivity (Wildman–Crippen MR) is 60.7 cm³/mol. The Bertz CT molecular complexity index is 338. The van der Waals surface area contributed by atoms with Crippen LogP contribution in [0.2, 0.25) is 0 Å². The fourth-order valence-corrected chi connectivity index (χ4v) is 1.42. The number of rotatable bonds is 9. The minimum Gasteiger partial charge on any atom is -0.476 e. The molecule has 0 aliphatic carbocycles. The van der Waals surface area contributed by atoms with Crippen LogP contribution in [0.1, 0.15) is 41.9 Å². The average molecular weight is 242 g/mol. The summed E-state index contributed by atoms with van der Waals surface area (Å²) in [5.41, 5.74) is -0.0651. The van der Waals surface area contributed by atoms with E-state index in [1.165, 1.54) is 6.07 Å². The SMILES string of the molecule is O=C(O)c1cc(CNCCCCCCO)on1. The summed E-state index contributed by atoms with van der Waals surface area (Å²) in [4.78, 5) is 10.5. The molecule has 17 heavy (non-hydrogen) atoms. The normalized spacial score (nSPS) is 10.6. The molecule has 6 heteroatoms. The van der Waals surface area contributed by atoms with Crippen LogP contribution in [-0.4, -0.2) is 34.5 Å². The van der Waals surface area contributed by atoms with E-state index in [0.717, 1.165) is 32.2 Å². The Labute approximate surface area is 99.6 Å². The van der Waals surface area contributed by atoms with Crippen LogP contribution >= 0.6 is 0 Å². The second kappa shape index (κ2) is 7.81. The molecule has 0 amide bonds. The van der Waals surface area contributed by atoms with Gasteiger partial charge in [0.2, 0.25) is 0 Å². The molecule has 1 aromatic heterocycles. The minimum atomic E-state index is -1.08. The van der Waals surface area contributed by atoms with Crippen molar-refractivity contribution in [1.29, 1.82) is 0 Å². The number of carbonyl (C=O) groups is 1. The van der Waals surface area contributed by atoms with Gasteiger partial charge in [-0.15, -0.1) is 0 Å². The highest BCUT2D eigenvalue weighted by molar-refractivity contribution is 5.85. The van der Waals surface area contributed by atoms with Gasteiger partial charge in [0.25, 0.3) is 0 Å². The van der Waals surface area contributed by atoms with E-state index in [9.17, 15) is 4.79 Å². The van der Waals surface area contributed by atoms with Crippen molar-refractivity contribution >= 4 is 5.97 Å². The van der Waals surface area contributed by atoms with Crippen molar-refractivity contribution in [3.8, 4) is 0 Å².